The average Bonchev–Trinajstić information content (AvgIpc) is 2.82. The van der Waals surface area contributed by atoms with Gasteiger partial charge >= 0.3 is 0 Å². The lowest BCUT2D eigenvalue weighted by atomic mass is 10.2. The van der Waals surface area contributed by atoms with Crippen molar-refractivity contribution in [2.24, 2.45) is 0 Å². The smallest absolute Gasteiger partial charge is 0.191 e. The molecule has 3 rings (SSSR count). The van der Waals surface area contributed by atoms with E-state index in [1.165, 1.54) is 0 Å². The predicted octanol–water partition coefficient (Wildman–Crippen LogP) is 3.87. The summed E-state index contributed by atoms with van der Waals surface area (Å²) in [6, 6.07) is 7.90. The standard InChI is InChI=1S/C14H11BrN2O2/c1-9-17-11(7-18-9)8-19-12-5-10-3-2-4-13(15)14(10)16-6-12/h2-7H,8H2,1H3. The number of nitrogens with zero attached hydrogens (tertiary/aromatic N) is 2. The maximum absolute atomic E-state index is 5.65. The number of para-hydroxylation sites is 1. The van der Waals surface area contributed by atoms with Gasteiger partial charge in [-0.2, -0.15) is 0 Å². The summed E-state index contributed by atoms with van der Waals surface area (Å²) in [5, 5.41) is 1.03. The summed E-state index contributed by atoms with van der Waals surface area (Å²) in [5.41, 5.74) is 1.69. The number of halogens is 1. The molecule has 0 atom stereocenters. The fraction of sp³-hybridized carbons (Fsp3) is 0.143. The number of rotatable bonds is 3. The number of hydrogen-bond donors (Lipinski definition) is 0. The molecule has 1 aromatic carbocycles. The molecule has 0 spiro atoms. The third kappa shape index (κ3) is 2.61. The third-order valence-corrected chi connectivity index (χ3v) is 3.33. The van der Waals surface area contributed by atoms with Gasteiger partial charge in [-0.1, -0.05) is 12.1 Å². The molecule has 0 N–H and O–H groups in total. The quantitative estimate of drug-likeness (QED) is 0.735. The fourth-order valence-corrected chi connectivity index (χ4v) is 2.30. The topological polar surface area (TPSA) is 48.2 Å². The number of hydrogen-bond acceptors (Lipinski definition) is 4. The van der Waals surface area contributed by atoms with Crippen LogP contribution in [0.1, 0.15) is 11.6 Å². The highest BCUT2D eigenvalue weighted by atomic mass is 79.9. The molecule has 0 radical (unpaired) electrons. The van der Waals surface area contributed by atoms with Crippen LogP contribution in [0.25, 0.3) is 10.9 Å². The molecular formula is C14H11BrN2O2. The van der Waals surface area contributed by atoms with E-state index in [0.717, 1.165) is 21.1 Å². The minimum absolute atomic E-state index is 0.374. The monoisotopic (exact) mass is 318 g/mol. The second-order valence-corrected chi connectivity index (χ2v) is 4.98. The van der Waals surface area contributed by atoms with E-state index >= 15 is 0 Å². The summed E-state index contributed by atoms with van der Waals surface area (Å²) >= 11 is 3.47. The van der Waals surface area contributed by atoms with Crippen LogP contribution in [0.5, 0.6) is 5.75 Å². The molecule has 19 heavy (non-hydrogen) atoms. The molecule has 0 aliphatic rings. The molecular weight excluding hydrogens is 308 g/mol. The Labute approximate surface area is 118 Å². The maximum atomic E-state index is 5.65. The number of fused-ring (bicyclic) bond motifs is 1. The van der Waals surface area contributed by atoms with Crippen molar-refractivity contribution in [2.75, 3.05) is 0 Å². The minimum Gasteiger partial charge on any atom is -0.486 e. The summed E-state index contributed by atoms with van der Waals surface area (Å²) in [6.07, 6.45) is 3.31. The van der Waals surface area contributed by atoms with Gasteiger partial charge in [-0.25, -0.2) is 4.98 Å². The first-order chi connectivity index (χ1) is 9.22. The van der Waals surface area contributed by atoms with Gasteiger partial charge in [-0.15, -0.1) is 0 Å². The van der Waals surface area contributed by atoms with Crippen LogP contribution >= 0.6 is 15.9 Å². The van der Waals surface area contributed by atoms with Crippen molar-refractivity contribution in [3.05, 3.63) is 52.8 Å². The van der Waals surface area contributed by atoms with E-state index in [4.69, 9.17) is 9.15 Å². The highest BCUT2D eigenvalue weighted by Crippen LogP contribution is 2.25. The summed E-state index contributed by atoms with van der Waals surface area (Å²) in [4.78, 5) is 8.57. The maximum Gasteiger partial charge on any atom is 0.191 e. The first-order valence-electron chi connectivity index (χ1n) is 5.80. The Hall–Kier alpha value is -1.88. The Morgan fingerprint density at radius 2 is 2.26 bits per heavy atom. The lowest BCUT2D eigenvalue weighted by Gasteiger charge is -2.05. The van der Waals surface area contributed by atoms with Crippen LogP contribution in [0.4, 0.5) is 0 Å². The van der Waals surface area contributed by atoms with Crippen molar-refractivity contribution >= 4 is 26.8 Å². The van der Waals surface area contributed by atoms with Gasteiger partial charge in [0, 0.05) is 16.8 Å². The normalized spacial score (nSPS) is 10.8. The second kappa shape index (κ2) is 5.01. The molecule has 0 bridgehead atoms. The van der Waals surface area contributed by atoms with Gasteiger partial charge in [0.15, 0.2) is 5.89 Å². The molecule has 2 heterocycles. The molecule has 2 aromatic heterocycles. The van der Waals surface area contributed by atoms with Crippen molar-refractivity contribution in [1.82, 2.24) is 9.97 Å². The zero-order chi connectivity index (χ0) is 13.2. The van der Waals surface area contributed by atoms with Gasteiger partial charge in [-0.3, -0.25) is 4.98 Å². The summed E-state index contributed by atoms with van der Waals surface area (Å²) in [6.45, 7) is 2.18. The van der Waals surface area contributed by atoms with E-state index < -0.39 is 0 Å². The Morgan fingerprint density at radius 3 is 3.05 bits per heavy atom. The largest absolute Gasteiger partial charge is 0.486 e. The zero-order valence-corrected chi connectivity index (χ0v) is 11.8. The number of aryl methyl sites for hydroxylation is 1. The highest BCUT2D eigenvalue weighted by molar-refractivity contribution is 9.10. The molecule has 4 nitrogen and oxygen atoms in total. The van der Waals surface area contributed by atoms with Crippen LogP contribution in [0, 0.1) is 6.92 Å². The molecule has 5 heteroatoms. The molecule has 0 fully saturated rings. The summed E-state index contributed by atoms with van der Waals surface area (Å²) < 4.78 is 11.8. The van der Waals surface area contributed by atoms with E-state index in [0.29, 0.717) is 18.2 Å². The molecule has 3 aromatic rings. The van der Waals surface area contributed by atoms with Crippen molar-refractivity contribution in [3.8, 4) is 5.75 Å². The zero-order valence-electron chi connectivity index (χ0n) is 10.3. The number of ether oxygens (including phenoxy) is 1. The number of benzene rings is 1. The average molecular weight is 319 g/mol. The minimum atomic E-state index is 0.374. The van der Waals surface area contributed by atoms with E-state index in [-0.39, 0.29) is 0 Å². The molecule has 0 amide bonds. The fourth-order valence-electron chi connectivity index (χ4n) is 1.81. The molecule has 0 aliphatic heterocycles. The molecule has 96 valence electrons. The SMILES string of the molecule is Cc1nc(COc2cnc3c(Br)cccc3c2)co1. The van der Waals surface area contributed by atoms with Crippen molar-refractivity contribution < 1.29 is 9.15 Å². The summed E-state index contributed by atoms with van der Waals surface area (Å²) in [5.74, 6) is 1.35. The Morgan fingerprint density at radius 1 is 1.37 bits per heavy atom. The van der Waals surface area contributed by atoms with Crippen LogP contribution in [0.15, 0.2) is 45.6 Å². The number of aromatic nitrogens is 2. The van der Waals surface area contributed by atoms with E-state index in [2.05, 4.69) is 25.9 Å². The van der Waals surface area contributed by atoms with Gasteiger partial charge < -0.3 is 9.15 Å². The van der Waals surface area contributed by atoms with Crippen molar-refractivity contribution in [3.63, 3.8) is 0 Å². The van der Waals surface area contributed by atoms with E-state index in [9.17, 15) is 0 Å². The third-order valence-electron chi connectivity index (χ3n) is 2.69. The van der Waals surface area contributed by atoms with Crippen LogP contribution < -0.4 is 4.74 Å². The van der Waals surface area contributed by atoms with Crippen LogP contribution in [0.2, 0.25) is 0 Å². The number of oxazole rings is 1. The van der Waals surface area contributed by atoms with Crippen LogP contribution in [-0.2, 0) is 6.61 Å². The molecule has 0 aliphatic carbocycles. The van der Waals surface area contributed by atoms with Gasteiger partial charge in [0.05, 0.1) is 11.7 Å². The molecule has 0 saturated heterocycles. The van der Waals surface area contributed by atoms with Gasteiger partial charge in [0.1, 0.15) is 24.3 Å². The predicted molar refractivity (Wildman–Crippen MR) is 75.0 cm³/mol. The highest BCUT2D eigenvalue weighted by Gasteiger charge is 2.04. The Kier molecular flexibility index (Phi) is 3.21. The van der Waals surface area contributed by atoms with E-state index in [1.807, 2.05) is 24.3 Å². The Balaban J connectivity index is 1.82. The van der Waals surface area contributed by atoms with Gasteiger partial charge in [-0.05, 0) is 28.1 Å². The van der Waals surface area contributed by atoms with Crippen molar-refractivity contribution in [2.45, 2.75) is 13.5 Å². The number of pyridine rings is 1. The van der Waals surface area contributed by atoms with Crippen LogP contribution in [0.3, 0.4) is 0 Å². The second-order valence-electron chi connectivity index (χ2n) is 4.13. The Bertz CT molecular complexity index is 724. The van der Waals surface area contributed by atoms with Crippen molar-refractivity contribution in [1.29, 1.82) is 0 Å². The van der Waals surface area contributed by atoms with Gasteiger partial charge in [0.25, 0.3) is 0 Å². The molecule has 0 unspecified atom stereocenters. The molecule has 0 saturated carbocycles. The van der Waals surface area contributed by atoms with E-state index in [1.54, 1.807) is 19.4 Å². The summed E-state index contributed by atoms with van der Waals surface area (Å²) in [7, 11) is 0. The van der Waals surface area contributed by atoms with Crippen LogP contribution in [-0.4, -0.2) is 9.97 Å². The lowest BCUT2D eigenvalue weighted by molar-refractivity contribution is 0.300. The lowest BCUT2D eigenvalue weighted by Crippen LogP contribution is -1.96. The first-order valence-corrected chi connectivity index (χ1v) is 6.60. The van der Waals surface area contributed by atoms with Gasteiger partial charge in [0.2, 0.25) is 0 Å². The first kappa shape index (κ1) is 12.2.